The number of fused-ring (bicyclic) bond motifs is 1. The number of aryl methyl sites for hydroxylation is 1. The van der Waals surface area contributed by atoms with E-state index in [1.165, 1.54) is 10.9 Å². The molecule has 0 aliphatic heterocycles. The van der Waals surface area contributed by atoms with Crippen molar-refractivity contribution < 1.29 is 0 Å². The number of benzene rings is 1. The Balaban J connectivity index is 1.93. The van der Waals surface area contributed by atoms with Gasteiger partial charge in [-0.15, -0.1) is 0 Å². The molecule has 0 spiro atoms. The lowest BCUT2D eigenvalue weighted by Gasteiger charge is -2.19. The third-order valence-corrected chi connectivity index (χ3v) is 4.84. The number of hydrogen-bond donors (Lipinski definition) is 3. The SMILES string of the molecule is Cc1cc(-n2c(C(C)Nc3ncnc(N)c3C#N)nc3cccc(Cl)c3c2=O)n[nH]1. The Labute approximate surface area is 175 Å². The molecule has 4 N–H and O–H groups in total. The zero-order chi connectivity index (χ0) is 21.4. The van der Waals surface area contributed by atoms with Gasteiger partial charge in [-0.25, -0.2) is 19.5 Å². The van der Waals surface area contributed by atoms with Gasteiger partial charge in [-0.05, 0) is 26.0 Å². The van der Waals surface area contributed by atoms with Gasteiger partial charge >= 0.3 is 0 Å². The quantitative estimate of drug-likeness (QED) is 0.454. The largest absolute Gasteiger partial charge is 0.382 e. The monoisotopic (exact) mass is 421 g/mol. The van der Waals surface area contributed by atoms with Crippen molar-refractivity contribution in [1.29, 1.82) is 5.26 Å². The van der Waals surface area contributed by atoms with Crippen LogP contribution in [-0.2, 0) is 0 Å². The van der Waals surface area contributed by atoms with Crippen LogP contribution in [0.1, 0.15) is 30.0 Å². The molecule has 3 aromatic heterocycles. The number of aromatic amines is 1. The van der Waals surface area contributed by atoms with Gasteiger partial charge in [0.15, 0.2) is 5.82 Å². The van der Waals surface area contributed by atoms with Crippen molar-refractivity contribution in [2.24, 2.45) is 0 Å². The Morgan fingerprint density at radius 2 is 2.17 bits per heavy atom. The fourth-order valence-corrected chi connectivity index (χ4v) is 3.38. The number of hydrogen-bond acceptors (Lipinski definition) is 8. The first kappa shape index (κ1) is 19.4. The standard InChI is InChI=1S/C19H16ClN9O/c1-9-6-14(28-27-9)29-18(26-13-5-3-4-12(20)15(13)19(29)30)10(2)25-17-11(7-21)16(22)23-8-24-17/h3-6,8,10H,1-2H3,(H,27,28)(H3,22,23,24,25). The molecule has 4 aromatic rings. The molecule has 150 valence electrons. The summed E-state index contributed by atoms with van der Waals surface area (Å²) in [5.41, 5.74) is 6.75. The van der Waals surface area contributed by atoms with Crippen LogP contribution in [-0.4, -0.2) is 29.7 Å². The van der Waals surface area contributed by atoms with Gasteiger partial charge in [0, 0.05) is 11.8 Å². The second-order valence-corrected chi connectivity index (χ2v) is 7.02. The second-order valence-electron chi connectivity index (χ2n) is 6.61. The minimum atomic E-state index is -0.542. The molecule has 0 amide bonds. The second kappa shape index (κ2) is 7.46. The molecule has 0 radical (unpaired) electrons. The van der Waals surface area contributed by atoms with E-state index in [-0.39, 0.29) is 22.8 Å². The normalized spacial score (nSPS) is 11.9. The van der Waals surface area contributed by atoms with E-state index in [2.05, 4.69) is 30.5 Å². The minimum absolute atomic E-state index is 0.0563. The zero-order valence-corrected chi connectivity index (χ0v) is 16.8. The highest BCUT2D eigenvalue weighted by molar-refractivity contribution is 6.35. The Bertz CT molecular complexity index is 1370. The number of aromatic nitrogens is 6. The number of H-pyrrole nitrogens is 1. The highest BCUT2D eigenvalue weighted by Crippen LogP contribution is 2.25. The first-order valence-electron chi connectivity index (χ1n) is 8.91. The molecular weight excluding hydrogens is 406 g/mol. The van der Waals surface area contributed by atoms with Gasteiger partial charge in [0.05, 0.1) is 22.0 Å². The lowest BCUT2D eigenvalue weighted by atomic mass is 10.2. The van der Waals surface area contributed by atoms with Crippen molar-refractivity contribution in [3.8, 4) is 11.9 Å². The van der Waals surface area contributed by atoms with Gasteiger partial charge in [-0.2, -0.15) is 10.4 Å². The van der Waals surface area contributed by atoms with E-state index in [4.69, 9.17) is 17.3 Å². The van der Waals surface area contributed by atoms with Crippen LogP contribution in [0.15, 0.2) is 35.4 Å². The maximum absolute atomic E-state index is 13.4. The van der Waals surface area contributed by atoms with Crippen LogP contribution in [0.25, 0.3) is 16.7 Å². The van der Waals surface area contributed by atoms with Crippen LogP contribution in [0.5, 0.6) is 0 Å². The zero-order valence-electron chi connectivity index (χ0n) is 16.0. The summed E-state index contributed by atoms with van der Waals surface area (Å²) in [6.07, 6.45) is 1.25. The Morgan fingerprint density at radius 3 is 2.87 bits per heavy atom. The summed E-state index contributed by atoms with van der Waals surface area (Å²) >= 11 is 6.28. The van der Waals surface area contributed by atoms with Gasteiger partial charge in [0.25, 0.3) is 5.56 Å². The number of nitrogens with two attached hydrogens (primary N) is 1. The lowest BCUT2D eigenvalue weighted by molar-refractivity contribution is 0.719. The molecule has 4 rings (SSSR count). The molecule has 11 heteroatoms. The molecule has 3 heterocycles. The molecule has 0 bridgehead atoms. The Morgan fingerprint density at radius 1 is 1.37 bits per heavy atom. The van der Waals surface area contributed by atoms with E-state index in [0.29, 0.717) is 27.6 Å². The number of nitriles is 1. The first-order valence-corrected chi connectivity index (χ1v) is 9.29. The van der Waals surface area contributed by atoms with Crippen molar-refractivity contribution in [3.63, 3.8) is 0 Å². The third kappa shape index (κ3) is 3.21. The summed E-state index contributed by atoms with van der Waals surface area (Å²) < 4.78 is 1.38. The summed E-state index contributed by atoms with van der Waals surface area (Å²) in [4.78, 5) is 26.0. The molecule has 0 aliphatic carbocycles. The average Bonchev–Trinajstić information content (AvgIpc) is 3.13. The van der Waals surface area contributed by atoms with Gasteiger partial charge in [0.2, 0.25) is 0 Å². The molecular formula is C19H16ClN9O. The number of anilines is 2. The smallest absolute Gasteiger partial charge is 0.268 e. The molecule has 0 saturated heterocycles. The third-order valence-electron chi connectivity index (χ3n) is 4.52. The average molecular weight is 422 g/mol. The fourth-order valence-electron chi connectivity index (χ4n) is 3.13. The summed E-state index contributed by atoms with van der Waals surface area (Å²) in [6.45, 7) is 3.61. The predicted octanol–water partition coefficient (Wildman–Crippen LogP) is 2.49. The van der Waals surface area contributed by atoms with Crippen LogP contribution in [0.3, 0.4) is 0 Å². The molecule has 0 aliphatic rings. The Hall–Kier alpha value is -3.97. The molecule has 0 fully saturated rings. The number of nitrogens with one attached hydrogen (secondary N) is 2. The highest BCUT2D eigenvalue weighted by Gasteiger charge is 2.22. The van der Waals surface area contributed by atoms with E-state index in [1.54, 1.807) is 31.2 Å². The van der Waals surface area contributed by atoms with Gasteiger partial charge in [-0.3, -0.25) is 9.89 Å². The molecule has 30 heavy (non-hydrogen) atoms. The fraction of sp³-hybridized carbons (Fsp3) is 0.158. The van der Waals surface area contributed by atoms with Crippen molar-refractivity contribution in [3.05, 3.63) is 63.1 Å². The number of nitrogens with zero attached hydrogens (tertiary/aromatic N) is 6. The van der Waals surface area contributed by atoms with E-state index in [1.807, 2.05) is 13.0 Å². The summed E-state index contributed by atoms with van der Waals surface area (Å²) in [7, 11) is 0. The minimum Gasteiger partial charge on any atom is -0.382 e. The van der Waals surface area contributed by atoms with E-state index in [9.17, 15) is 10.1 Å². The van der Waals surface area contributed by atoms with Crippen LogP contribution in [0.2, 0.25) is 5.02 Å². The van der Waals surface area contributed by atoms with Crippen molar-refractivity contribution >= 4 is 34.1 Å². The topological polar surface area (TPSA) is 151 Å². The summed E-state index contributed by atoms with van der Waals surface area (Å²) in [6, 6.07) is 8.24. The van der Waals surface area contributed by atoms with E-state index in [0.717, 1.165) is 5.69 Å². The van der Waals surface area contributed by atoms with Gasteiger partial charge in [0.1, 0.15) is 35.4 Å². The summed E-state index contributed by atoms with van der Waals surface area (Å²) in [5, 5.41) is 20.1. The van der Waals surface area contributed by atoms with Crippen LogP contribution >= 0.6 is 11.6 Å². The highest BCUT2D eigenvalue weighted by atomic mass is 35.5. The predicted molar refractivity (Wildman–Crippen MR) is 112 cm³/mol. The Kier molecular flexibility index (Phi) is 4.81. The lowest BCUT2D eigenvalue weighted by Crippen LogP contribution is -2.28. The maximum Gasteiger partial charge on any atom is 0.268 e. The maximum atomic E-state index is 13.4. The van der Waals surface area contributed by atoms with Gasteiger partial charge in [-0.1, -0.05) is 17.7 Å². The number of nitrogen functional groups attached to an aromatic ring is 1. The summed E-state index contributed by atoms with van der Waals surface area (Å²) in [5.74, 6) is 1.03. The molecule has 1 atom stereocenters. The van der Waals surface area contributed by atoms with Crippen LogP contribution < -0.4 is 16.6 Å². The molecule has 1 unspecified atom stereocenters. The van der Waals surface area contributed by atoms with Crippen molar-refractivity contribution in [2.75, 3.05) is 11.1 Å². The number of halogens is 1. The van der Waals surface area contributed by atoms with E-state index >= 15 is 0 Å². The van der Waals surface area contributed by atoms with Crippen LogP contribution in [0.4, 0.5) is 11.6 Å². The van der Waals surface area contributed by atoms with Crippen molar-refractivity contribution in [2.45, 2.75) is 19.9 Å². The number of rotatable bonds is 4. The molecule has 10 nitrogen and oxygen atoms in total. The van der Waals surface area contributed by atoms with Gasteiger partial charge < -0.3 is 11.1 Å². The van der Waals surface area contributed by atoms with E-state index < -0.39 is 6.04 Å². The van der Waals surface area contributed by atoms with Crippen LogP contribution in [0, 0.1) is 18.3 Å². The first-order chi connectivity index (χ1) is 14.4. The van der Waals surface area contributed by atoms with Crippen molar-refractivity contribution in [1.82, 2.24) is 29.7 Å². The molecule has 0 saturated carbocycles. The molecule has 1 aromatic carbocycles.